The van der Waals surface area contributed by atoms with E-state index < -0.39 is 57.5 Å². The van der Waals surface area contributed by atoms with Crippen molar-refractivity contribution in [1.29, 1.82) is 0 Å². The Bertz CT molecular complexity index is 2230. The van der Waals surface area contributed by atoms with E-state index >= 15 is 0 Å². The van der Waals surface area contributed by atoms with Gasteiger partial charge in [-0.05, 0) is 66.9 Å². The van der Waals surface area contributed by atoms with Crippen LogP contribution in [0.2, 0.25) is 10.0 Å². The molecule has 3 saturated heterocycles. The van der Waals surface area contributed by atoms with Crippen LogP contribution in [-0.4, -0.2) is 104 Å². The van der Waals surface area contributed by atoms with E-state index in [0.717, 1.165) is 22.7 Å². The summed E-state index contributed by atoms with van der Waals surface area (Å²) >= 11 is 12.1. The van der Waals surface area contributed by atoms with Crippen LogP contribution in [0.3, 0.4) is 0 Å². The molecule has 3 fully saturated rings. The fourth-order valence-electron chi connectivity index (χ4n) is 7.02. The minimum atomic E-state index is -4.64. The monoisotopic (exact) mass is 821 g/mol. The van der Waals surface area contributed by atoms with Gasteiger partial charge in [0.15, 0.2) is 0 Å². The fourth-order valence-corrected chi connectivity index (χ4v) is 8.82. The molecule has 20 heteroatoms. The van der Waals surface area contributed by atoms with Crippen molar-refractivity contribution in [3.63, 3.8) is 0 Å². The lowest BCUT2D eigenvalue weighted by atomic mass is 10.0. The molecule has 0 radical (unpaired) electrons. The van der Waals surface area contributed by atoms with Crippen molar-refractivity contribution in [1.82, 2.24) is 19.4 Å². The van der Waals surface area contributed by atoms with Gasteiger partial charge in [-0.3, -0.25) is 43.8 Å². The molecule has 3 N–H and O–H groups in total. The molecule has 0 saturated carbocycles. The summed E-state index contributed by atoms with van der Waals surface area (Å²) in [6.45, 7) is 3.58. The maximum atomic E-state index is 13.3. The average molecular weight is 823 g/mol. The molecule has 4 aliphatic rings. The van der Waals surface area contributed by atoms with Crippen molar-refractivity contribution in [3.8, 4) is 0 Å². The number of rotatable bonds is 9. The minimum absolute atomic E-state index is 0.0276. The zero-order valence-corrected chi connectivity index (χ0v) is 31.0. The molecule has 0 bridgehead atoms. The first-order valence-electron chi connectivity index (χ1n) is 17.1. The van der Waals surface area contributed by atoms with Gasteiger partial charge in [-0.2, -0.15) is 25.9 Å². The van der Waals surface area contributed by atoms with Crippen LogP contribution in [0.4, 0.5) is 30.2 Å². The van der Waals surface area contributed by atoms with Crippen LogP contribution in [0.1, 0.15) is 49.5 Å². The highest BCUT2D eigenvalue weighted by molar-refractivity contribution is 7.90. The van der Waals surface area contributed by atoms with Gasteiger partial charge in [0.2, 0.25) is 11.8 Å². The van der Waals surface area contributed by atoms with Crippen molar-refractivity contribution < 1.29 is 45.6 Å². The van der Waals surface area contributed by atoms with Gasteiger partial charge in [-0.25, -0.2) is 0 Å². The van der Waals surface area contributed by atoms with Crippen molar-refractivity contribution in [2.75, 3.05) is 60.8 Å². The molecule has 1 unspecified atom stereocenters. The molecular weight excluding hydrogens is 790 g/mol. The van der Waals surface area contributed by atoms with Gasteiger partial charge in [0, 0.05) is 62.9 Å². The summed E-state index contributed by atoms with van der Waals surface area (Å²) in [4.78, 5) is 68.6. The number of carbonyl (C=O) groups is 5. The van der Waals surface area contributed by atoms with Crippen molar-refractivity contribution in [2.24, 2.45) is 5.92 Å². The minimum Gasteiger partial charge on any atom is -0.369 e. The smallest absolute Gasteiger partial charge is 0.369 e. The Morgan fingerprint density at radius 1 is 0.873 bits per heavy atom. The molecule has 0 spiro atoms. The number of piperidine rings is 1. The van der Waals surface area contributed by atoms with E-state index in [4.69, 9.17) is 23.2 Å². The summed E-state index contributed by atoms with van der Waals surface area (Å²) in [6, 6.07) is 10.3. The summed E-state index contributed by atoms with van der Waals surface area (Å²) in [6.07, 6.45) is -4.54. The van der Waals surface area contributed by atoms with Gasteiger partial charge in [-0.1, -0.05) is 23.2 Å². The van der Waals surface area contributed by atoms with Gasteiger partial charge in [0.25, 0.3) is 17.7 Å². The SMILES string of the molecule is O=C1CCC(N2C(=O)c3ccc(N4CCN(CC5CN(S(=O)(=O)Nc6ccc(Cl)cc6C(=O)Nc6ccc(C(F)(F)F)cc6Cl)C5)CC4)cc3C2=O)C(=O)N1. The zero-order valence-electron chi connectivity index (χ0n) is 28.7. The summed E-state index contributed by atoms with van der Waals surface area (Å²) in [5.74, 6) is -3.09. The van der Waals surface area contributed by atoms with Gasteiger partial charge >= 0.3 is 16.4 Å². The van der Waals surface area contributed by atoms with E-state index in [0.29, 0.717) is 38.8 Å². The van der Waals surface area contributed by atoms with E-state index in [1.54, 1.807) is 18.2 Å². The molecule has 55 heavy (non-hydrogen) atoms. The molecule has 3 aromatic carbocycles. The van der Waals surface area contributed by atoms with Crippen LogP contribution in [0.5, 0.6) is 0 Å². The number of hydrogen-bond acceptors (Lipinski definition) is 9. The third-order valence-electron chi connectivity index (χ3n) is 9.95. The van der Waals surface area contributed by atoms with E-state index in [-0.39, 0.29) is 70.0 Å². The van der Waals surface area contributed by atoms with Crippen LogP contribution in [-0.2, 0) is 26.0 Å². The average Bonchev–Trinajstić information content (AvgIpc) is 3.35. The van der Waals surface area contributed by atoms with E-state index in [2.05, 4.69) is 25.2 Å². The normalized spacial score (nSPS) is 20.0. The van der Waals surface area contributed by atoms with Gasteiger partial charge in [-0.15, -0.1) is 0 Å². The number of benzene rings is 3. The Morgan fingerprint density at radius 3 is 2.24 bits per heavy atom. The summed E-state index contributed by atoms with van der Waals surface area (Å²) in [5.41, 5.74) is -0.230. The van der Waals surface area contributed by atoms with Gasteiger partial charge in [0.05, 0.1) is 38.7 Å². The molecule has 4 heterocycles. The summed E-state index contributed by atoms with van der Waals surface area (Å²) in [5, 5.41) is 4.35. The zero-order chi connectivity index (χ0) is 39.4. The number of imide groups is 2. The van der Waals surface area contributed by atoms with Gasteiger partial charge in [0.1, 0.15) is 6.04 Å². The van der Waals surface area contributed by atoms with Crippen LogP contribution < -0.4 is 20.3 Å². The van der Waals surface area contributed by atoms with Crippen LogP contribution in [0.15, 0.2) is 54.6 Å². The number of piperazine rings is 1. The molecule has 3 aromatic rings. The third-order valence-corrected chi connectivity index (χ3v) is 12.0. The Labute approximate surface area is 322 Å². The Balaban J connectivity index is 0.915. The number of amides is 5. The second kappa shape index (κ2) is 14.7. The highest BCUT2D eigenvalue weighted by Crippen LogP contribution is 2.35. The molecular formula is C35H32Cl2F3N7O7S. The van der Waals surface area contributed by atoms with E-state index in [9.17, 15) is 45.6 Å². The van der Waals surface area contributed by atoms with Crippen molar-refractivity contribution in [2.45, 2.75) is 25.1 Å². The van der Waals surface area contributed by atoms with E-state index in [1.807, 2.05) is 0 Å². The highest BCUT2D eigenvalue weighted by atomic mass is 35.5. The molecule has 4 aliphatic heterocycles. The maximum Gasteiger partial charge on any atom is 0.416 e. The number of carbonyl (C=O) groups excluding carboxylic acids is 5. The standard InChI is InChI=1S/C35H32Cl2F3N7O7S/c36-21-2-6-27(25(14-21)31(49)41-28-5-1-20(13-26(28)37)35(38,39)40)43-55(53,54)46-17-19(18-46)16-44-9-11-45(12-10-44)22-3-4-23-24(15-22)34(52)47(33(23)51)29-7-8-30(48)42-32(29)50/h1-6,13-15,19,29,43H,7-12,16-18H2,(H,41,49)(H,42,48,50). The first kappa shape index (κ1) is 38.5. The molecule has 1 atom stereocenters. The second-order valence-corrected chi connectivity index (χ2v) is 16.1. The van der Waals surface area contributed by atoms with Crippen molar-refractivity contribution in [3.05, 3.63) is 86.9 Å². The third kappa shape index (κ3) is 7.86. The summed E-state index contributed by atoms with van der Waals surface area (Å²) in [7, 11) is -4.11. The van der Waals surface area contributed by atoms with Crippen molar-refractivity contribution >= 4 is 80.0 Å². The topological polar surface area (TPSA) is 169 Å². The number of alkyl halides is 3. The first-order chi connectivity index (χ1) is 26.0. The second-order valence-electron chi connectivity index (χ2n) is 13.6. The Hall–Kier alpha value is -4.75. The van der Waals surface area contributed by atoms with Crippen LogP contribution in [0, 0.1) is 5.92 Å². The van der Waals surface area contributed by atoms with Crippen LogP contribution in [0.25, 0.3) is 0 Å². The maximum absolute atomic E-state index is 13.3. The quantitative estimate of drug-likeness (QED) is 0.270. The highest BCUT2D eigenvalue weighted by Gasteiger charge is 2.45. The fraction of sp³-hybridized carbons (Fsp3) is 0.343. The number of fused-ring (bicyclic) bond motifs is 1. The summed E-state index contributed by atoms with van der Waals surface area (Å²) < 4.78 is 69.4. The molecule has 14 nitrogen and oxygen atoms in total. The Morgan fingerprint density at radius 2 is 1.56 bits per heavy atom. The molecule has 0 aromatic heterocycles. The predicted molar refractivity (Wildman–Crippen MR) is 195 cm³/mol. The van der Waals surface area contributed by atoms with Crippen LogP contribution >= 0.6 is 23.2 Å². The molecule has 290 valence electrons. The Kier molecular flexibility index (Phi) is 10.3. The lowest BCUT2D eigenvalue weighted by Crippen LogP contribution is -2.57. The number of nitrogens with zero attached hydrogens (tertiary/aromatic N) is 4. The largest absolute Gasteiger partial charge is 0.416 e. The lowest BCUT2D eigenvalue weighted by molar-refractivity contribution is -0.138. The van der Waals surface area contributed by atoms with E-state index in [1.165, 1.54) is 22.5 Å². The van der Waals surface area contributed by atoms with Gasteiger partial charge < -0.3 is 10.2 Å². The first-order valence-corrected chi connectivity index (χ1v) is 19.3. The number of halogens is 5. The molecule has 0 aliphatic carbocycles. The lowest BCUT2D eigenvalue weighted by Gasteiger charge is -2.43. The molecule has 5 amide bonds. The molecule has 7 rings (SSSR count). The number of anilines is 3. The number of nitrogens with one attached hydrogen (secondary N) is 3. The number of hydrogen-bond donors (Lipinski definition) is 3. The predicted octanol–water partition coefficient (Wildman–Crippen LogP) is 4.08.